The van der Waals surface area contributed by atoms with Crippen molar-refractivity contribution in [3.8, 4) is 11.5 Å². The van der Waals surface area contributed by atoms with E-state index in [4.69, 9.17) is 14.6 Å². The van der Waals surface area contributed by atoms with E-state index in [1.54, 1.807) is 18.2 Å². The molecule has 0 bridgehead atoms. The third-order valence-corrected chi connectivity index (χ3v) is 5.49. The Bertz CT molecular complexity index is 652. The van der Waals surface area contributed by atoms with Crippen molar-refractivity contribution >= 4 is 12.0 Å². The standard InChI is InChI=1S/C19H26N2O5/c1-25-15-10-5-11-16(26-2)17(15)18(22)21(12-6-3-7-12)14-9-4-8-13(14)20-19(23)24/h5,10-14,20H,3-4,6-9H2,1-2H3,(H,23,24)/t13-,14-/m0/s1. The zero-order valence-electron chi connectivity index (χ0n) is 15.2. The van der Waals surface area contributed by atoms with E-state index in [2.05, 4.69) is 5.32 Å². The molecular formula is C19H26N2O5. The lowest BCUT2D eigenvalue weighted by atomic mass is 9.88. The zero-order valence-corrected chi connectivity index (χ0v) is 15.2. The van der Waals surface area contributed by atoms with Crippen molar-refractivity contribution in [2.75, 3.05) is 14.2 Å². The van der Waals surface area contributed by atoms with Gasteiger partial charge in [-0.15, -0.1) is 0 Å². The highest BCUT2D eigenvalue weighted by atomic mass is 16.5. The van der Waals surface area contributed by atoms with Crippen molar-refractivity contribution in [1.29, 1.82) is 0 Å². The first-order chi connectivity index (χ1) is 12.6. The molecule has 2 atom stereocenters. The topological polar surface area (TPSA) is 88.1 Å². The molecule has 0 spiro atoms. The van der Waals surface area contributed by atoms with E-state index in [-0.39, 0.29) is 24.0 Å². The van der Waals surface area contributed by atoms with Gasteiger partial charge >= 0.3 is 6.09 Å². The Morgan fingerprint density at radius 2 is 1.69 bits per heavy atom. The molecule has 2 fully saturated rings. The van der Waals surface area contributed by atoms with Gasteiger partial charge in [0, 0.05) is 6.04 Å². The van der Waals surface area contributed by atoms with Gasteiger partial charge in [0.05, 0.1) is 26.3 Å². The summed E-state index contributed by atoms with van der Waals surface area (Å²) in [4.78, 5) is 26.6. The van der Waals surface area contributed by atoms with Gasteiger partial charge in [0.1, 0.15) is 17.1 Å². The maximum absolute atomic E-state index is 13.5. The van der Waals surface area contributed by atoms with Crippen LogP contribution in [-0.4, -0.2) is 54.4 Å². The van der Waals surface area contributed by atoms with E-state index in [0.717, 1.165) is 38.5 Å². The van der Waals surface area contributed by atoms with Gasteiger partial charge in [-0.1, -0.05) is 6.07 Å². The molecule has 142 valence electrons. The minimum atomic E-state index is -1.04. The maximum atomic E-state index is 13.5. The molecule has 2 amide bonds. The minimum absolute atomic E-state index is 0.137. The largest absolute Gasteiger partial charge is 0.496 e. The Balaban J connectivity index is 1.96. The molecule has 2 aliphatic rings. The first-order valence-corrected chi connectivity index (χ1v) is 9.10. The first kappa shape index (κ1) is 18.4. The van der Waals surface area contributed by atoms with Crippen LogP contribution in [0, 0.1) is 0 Å². The van der Waals surface area contributed by atoms with E-state index < -0.39 is 6.09 Å². The number of rotatable bonds is 6. The number of ether oxygens (including phenoxy) is 2. The molecule has 0 heterocycles. The Labute approximate surface area is 153 Å². The molecule has 2 saturated carbocycles. The zero-order chi connectivity index (χ0) is 18.7. The fraction of sp³-hybridized carbons (Fsp3) is 0.579. The molecule has 2 aliphatic carbocycles. The number of carbonyl (C=O) groups excluding carboxylic acids is 1. The third-order valence-electron chi connectivity index (χ3n) is 5.49. The lowest BCUT2D eigenvalue weighted by Crippen LogP contribution is -2.56. The molecule has 0 radical (unpaired) electrons. The second-order valence-corrected chi connectivity index (χ2v) is 6.89. The molecule has 7 heteroatoms. The van der Waals surface area contributed by atoms with Crippen LogP contribution >= 0.6 is 0 Å². The predicted octanol–water partition coefficient (Wildman–Crippen LogP) is 2.89. The molecule has 0 aliphatic heterocycles. The Morgan fingerprint density at radius 1 is 1.08 bits per heavy atom. The number of hydrogen-bond acceptors (Lipinski definition) is 4. The van der Waals surface area contributed by atoms with E-state index in [0.29, 0.717) is 17.1 Å². The van der Waals surface area contributed by atoms with Crippen LogP contribution in [0.1, 0.15) is 48.9 Å². The number of nitrogens with zero attached hydrogens (tertiary/aromatic N) is 1. The van der Waals surface area contributed by atoms with Crippen molar-refractivity contribution in [3.63, 3.8) is 0 Å². The highest BCUT2D eigenvalue weighted by Gasteiger charge is 2.42. The monoisotopic (exact) mass is 362 g/mol. The second-order valence-electron chi connectivity index (χ2n) is 6.89. The van der Waals surface area contributed by atoms with Crippen LogP contribution in [0.4, 0.5) is 4.79 Å². The van der Waals surface area contributed by atoms with Crippen LogP contribution in [0.15, 0.2) is 18.2 Å². The number of hydrogen-bond donors (Lipinski definition) is 2. The van der Waals surface area contributed by atoms with Crippen molar-refractivity contribution in [1.82, 2.24) is 10.2 Å². The summed E-state index contributed by atoms with van der Waals surface area (Å²) < 4.78 is 10.8. The molecule has 3 rings (SSSR count). The van der Waals surface area contributed by atoms with E-state index in [1.165, 1.54) is 14.2 Å². The Hall–Kier alpha value is -2.44. The number of carbonyl (C=O) groups is 2. The highest BCUT2D eigenvalue weighted by molar-refractivity contribution is 6.00. The van der Waals surface area contributed by atoms with Gasteiger partial charge in [0.15, 0.2) is 0 Å². The molecule has 26 heavy (non-hydrogen) atoms. The molecule has 0 aromatic heterocycles. The Morgan fingerprint density at radius 3 is 2.19 bits per heavy atom. The van der Waals surface area contributed by atoms with Gasteiger partial charge in [-0.25, -0.2) is 4.79 Å². The molecule has 0 saturated heterocycles. The summed E-state index contributed by atoms with van der Waals surface area (Å²) in [5.74, 6) is 0.798. The molecule has 2 N–H and O–H groups in total. The molecular weight excluding hydrogens is 336 g/mol. The molecule has 1 aromatic carbocycles. The quantitative estimate of drug-likeness (QED) is 0.812. The normalized spacial score (nSPS) is 22.4. The van der Waals surface area contributed by atoms with Gasteiger partial charge in [0.2, 0.25) is 0 Å². The molecule has 1 aromatic rings. The summed E-state index contributed by atoms with van der Waals surface area (Å²) in [6.45, 7) is 0. The van der Waals surface area contributed by atoms with Crippen LogP contribution < -0.4 is 14.8 Å². The maximum Gasteiger partial charge on any atom is 0.404 e. The first-order valence-electron chi connectivity index (χ1n) is 9.10. The van der Waals surface area contributed by atoms with Gasteiger partial charge in [-0.05, 0) is 50.7 Å². The van der Waals surface area contributed by atoms with Gasteiger partial charge in [0.25, 0.3) is 5.91 Å². The Kier molecular flexibility index (Phi) is 5.54. The number of nitrogens with one attached hydrogen (secondary N) is 1. The average molecular weight is 362 g/mol. The summed E-state index contributed by atoms with van der Waals surface area (Å²) in [6, 6.07) is 5.04. The second kappa shape index (κ2) is 7.85. The number of amides is 2. The van der Waals surface area contributed by atoms with Crippen molar-refractivity contribution in [2.45, 2.75) is 56.7 Å². The fourth-order valence-corrected chi connectivity index (χ4v) is 4.04. The van der Waals surface area contributed by atoms with Crippen LogP contribution in [0.2, 0.25) is 0 Å². The number of methoxy groups -OCH3 is 2. The van der Waals surface area contributed by atoms with Gasteiger partial charge in [-0.3, -0.25) is 4.79 Å². The number of carboxylic acid groups (broad SMARTS) is 1. The SMILES string of the molecule is COc1cccc(OC)c1C(=O)N(C1CCC1)[C@H]1CCC[C@@H]1NC(=O)O. The summed E-state index contributed by atoms with van der Waals surface area (Å²) in [5.41, 5.74) is 0.408. The summed E-state index contributed by atoms with van der Waals surface area (Å²) in [5, 5.41) is 11.7. The van der Waals surface area contributed by atoms with Crippen molar-refractivity contribution < 1.29 is 24.2 Å². The predicted molar refractivity (Wildman–Crippen MR) is 95.9 cm³/mol. The smallest absolute Gasteiger partial charge is 0.404 e. The van der Waals surface area contributed by atoms with Crippen LogP contribution in [-0.2, 0) is 0 Å². The van der Waals surface area contributed by atoms with Gasteiger partial charge < -0.3 is 24.8 Å². The van der Waals surface area contributed by atoms with Crippen LogP contribution in [0.3, 0.4) is 0 Å². The van der Waals surface area contributed by atoms with E-state index >= 15 is 0 Å². The van der Waals surface area contributed by atoms with Crippen LogP contribution in [0.5, 0.6) is 11.5 Å². The minimum Gasteiger partial charge on any atom is -0.496 e. The summed E-state index contributed by atoms with van der Waals surface area (Å²) in [6.07, 6.45) is 4.37. The fourth-order valence-electron chi connectivity index (χ4n) is 4.04. The summed E-state index contributed by atoms with van der Waals surface area (Å²) >= 11 is 0. The molecule has 0 unspecified atom stereocenters. The molecule has 7 nitrogen and oxygen atoms in total. The van der Waals surface area contributed by atoms with E-state index in [1.807, 2.05) is 4.90 Å². The summed E-state index contributed by atoms with van der Waals surface area (Å²) in [7, 11) is 3.06. The van der Waals surface area contributed by atoms with E-state index in [9.17, 15) is 9.59 Å². The van der Waals surface area contributed by atoms with Crippen molar-refractivity contribution in [2.24, 2.45) is 0 Å². The highest BCUT2D eigenvalue weighted by Crippen LogP contribution is 2.37. The average Bonchev–Trinajstić information content (AvgIpc) is 3.03. The number of benzene rings is 1. The lowest BCUT2D eigenvalue weighted by molar-refractivity contribution is 0.0395. The van der Waals surface area contributed by atoms with Gasteiger partial charge in [-0.2, -0.15) is 0 Å². The third kappa shape index (κ3) is 3.43. The van der Waals surface area contributed by atoms with Crippen molar-refractivity contribution in [3.05, 3.63) is 23.8 Å². The lowest BCUT2D eigenvalue weighted by Gasteiger charge is -2.43. The van der Waals surface area contributed by atoms with Crippen LogP contribution in [0.25, 0.3) is 0 Å².